The molecule has 0 aromatic heterocycles. The Morgan fingerprint density at radius 1 is 1.00 bits per heavy atom. The van der Waals surface area contributed by atoms with Crippen LogP contribution in [-0.2, 0) is 0 Å². The number of hydrogen-bond donors (Lipinski definition) is 1. The highest BCUT2D eigenvalue weighted by atomic mass is 16.5. The summed E-state index contributed by atoms with van der Waals surface area (Å²) in [5, 5.41) is 19.9. The zero-order chi connectivity index (χ0) is 20.9. The summed E-state index contributed by atoms with van der Waals surface area (Å²) >= 11 is 0. The summed E-state index contributed by atoms with van der Waals surface area (Å²) in [4.78, 5) is 12.7. The Kier molecular flexibility index (Phi) is 5.57. The van der Waals surface area contributed by atoms with Gasteiger partial charge in [0, 0.05) is 11.1 Å². The lowest BCUT2D eigenvalue weighted by atomic mass is 9.99. The maximum atomic E-state index is 12.8. The molecule has 1 heterocycles. The zero-order valence-corrected chi connectivity index (χ0v) is 16.4. The van der Waals surface area contributed by atoms with E-state index in [9.17, 15) is 9.90 Å². The molecule has 3 aromatic carbocycles. The normalized spacial score (nSPS) is 19.4. The third kappa shape index (κ3) is 3.93. The molecule has 150 valence electrons. The number of carbonyl (C=O) groups excluding carboxylic acids is 1. The average molecular weight is 399 g/mol. The van der Waals surface area contributed by atoms with Crippen molar-refractivity contribution in [2.24, 2.45) is 5.10 Å². The average Bonchev–Trinajstić information content (AvgIpc) is 3.09. The lowest BCUT2D eigenvalue weighted by Gasteiger charge is -2.20. The van der Waals surface area contributed by atoms with Crippen LogP contribution in [0.1, 0.15) is 27.5 Å². The number of ether oxygens (including phenoxy) is 1. The van der Waals surface area contributed by atoms with Gasteiger partial charge < -0.3 is 15.2 Å². The van der Waals surface area contributed by atoms with Gasteiger partial charge in [0.05, 0.1) is 18.6 Å². The van der Waals surface area contributed by atoms with Gasteiger partial charge in [-0.1, -0.05) is 65.3 Å². The van der Waals surface area contributed by atoms with Crippen molar-refractivity contribution < 1.29 is 19.3 Å². The number of para-hydroxylation sites is 1. The van der Waals surface area contributed by atoms with E-state index in [0.717, 1.165) is 11.1 Å². The number of nitrogens with one attached hydrogen (secondary N) is 1. The Hall–Kier alpha value is -3.93. The molecule has 0 radical (unpaired) electrons. The fourth-order valence-corrected chi connectivity index (χ4v) is 3.50. The van der Waals surface area contributed by atoms with Crippen molar-refractivity contribution >= 4 is 18.0 Å². The molecule has 30 heavy (non-hydrogen) atoms. The SMILES string of the molecule is COc1ccccc1/C=[N+]1\N=C([O-])[C@@H](NC(=O)c2ccccc2)[C@@H]1c1ccccc1. The third-order valence-corrected chi connectivity index (χ3v) is 4.95. The summed E-state index contributed by atoms with van der Waals surface area (Å²) in [6.07, 6.45) is 1.77. The van der Waals surface area contributed by atoms with Crippen LogP contribution < -0.4 is 15.2 Å². The second-order valence-corrected chi connectivity index (χ2v) is 6.86. The van der Waals surface area contributed by atoms with E-state index in [2.05, 4.69) is 10.4 Å². The van der Waals surface area contributed by atoms with Gasteiger partial charge in [-0.25, -0.2) is 0 Å². The highest BCUT2D eigenvalue weighted by Gasteiger charge is 2.41. The Morgan fingerprint density at radius 3 is 2.33 bits per heavy atom. The number of methoxy groups -OCH3 is 1. The van der Waals surface area contributed by atoms with Crippen molar-refractivity contribution in [2.45, 2.75) is 12.1 Å². The minimum absolute atomic E-state index is 0.316. The predicted octanol–water partition coefficient (Wildman–Crippen LogP) is 2.35. The molecule has 0 unspecified atom stereocenters. The molecular formula is C24H21N3O3. The van der Waals surface area contributed by atoms with Gasteiger partial charge in [-0.3, -0.25) is 4.79 Å². The molecule has 0 bridgehead atoms. The molecule has 1 aliphatic rings. The van der Waals surface area contributed by atoms with Crippen molar-refractivity contribution in [2.75, 3.05) is 7.11 Å². The van der Waals surface area contributed by atoms with Gasteiger partial charge in [-0.15, -0.1) is 0 Å². The molecule has 0 saturated carbocycles. The van der Waals surface area contributed by atoms with Gasteiger partial charge in [0.25, 0.3) is 5.91 Å². The minimum atomic E-state index is -0.814. The molecule has 6 heteroatoms. The Labute approximate surface area is 174 Å². The summed E-state index contributed by atoms with van der Waals surface area (Å²) in [6, 6.07) is 24.6. The summed E-state index contributed by atoms with van der Waals surface area (Å²) in [5.74, 6) is -0.0489. The first-order chi connectivity index (χ1) is 14.7. The number of carbonyl (C=O) groups is 1. The topological polar surface area (TPSA) is 76.8 Å². The maximum absolute atomic E-state index is 12.8. The lowest BCUT2D eigenvalue weighted by molar-refractivity contribution is -0.565. The van der Waals surface area contributed by atoms with E-state index in [0.29, 0.717) is 11.3 Å². The second-order valence-electron chi connectivity index (χ2n) is 6.86. The quantitative estimate of drug-likeness (QED) is 0.669. The number of nitrogens with zero attached hydrogens (tertiary/aromatic N) is 2. The molecule has 3 aromatic rings. The van der Waals surface area contributed by atoms with E-state index in [-0.39, 0.29) is 5.91 Å². The van der Waals surface area contributed by atoms with E-state index >= 15 is 0 Å². The Bertz CT molecular complexity index is 1090. The Balaban J connectivity index is 1.73. The molecule has 0 spiro atoms. The summed E-state index contributed by atoms with van der Waals surface area (Å²) in [6.45, 7) is 0. The Morgan fingerprint density at radius 2 is 1.63 bits per heavy atom. The van der Waals surface area contributed by atoms with Crippen LogP contribution in [0, 0.1) is 0 Å². The molecule has 1 amide bonds. The molecule has 2 atom stereocenters. The van der Waals surface area contributed by atoms with E-state index in [1.165, 1.54) is 0 Å². The largest absolute Gasteiger partial charge is 0.856 e. The minimum Gasteiger partial charge on any atom is -0.856 e. The van der Waals surface area contributed by atoms with Gasteiger partial charge in [-0.05, 0) is 29.4 Å². The van der Waals surface area contributed by atoms with Crippen molar-refractivity contribution in [1.82, 2.24) is 5.32 Å². The summed E-state index contributed by atoms with van der Waals surface area (Å²) in [7, 11) is 1.59. The van der Waals surface area contributed by atoms with E-state index < -0.39 is 18.0 Å². The number of rotatable bonds is 5. The molecule has 1 aliphatic heterocycles. The first-order valence-electron chi connectivity index (χ1n) is 9.60. The molecule has 6 nitrogen and oxygen atoms in total. The van der Waals surface area contributed by atoms with Crippen molar-refractivity contribution in [3.8, 4) is 5.75 Å². The van der Waals surface area contributed by atoms with Gasteiger partial charge in [0.2, 0.25) is 12.3 Å². The zero-order valence-electron chi connectivity index (χ0n) is 16.4. The molecule has 0 saturated heterocycles. The molecule has 1 N–H and O–H groups in total. The van der Waals surface area contributed by atoms with Crippen LogP contribution in [0.15, 0.2) is 90.0 Å². The van der Waals surface area contributed by atoms with Crippen LogP contribution in [-0.4, -0.2) is 35.9 Å². The van der Waals surface area contributed by atoms with Gasteiger partial charge in [-0.2, -0.15) is 0 Å². The fourth-order valence-electron chi connectivity index (χ4n) is 3.50. The van der Waals surface area contributed by atoms with Crippen molar-refractivity contribution in [3.63, 3.8) is 0 Å². The first kappa shape index (κ1) is 19.4. The van der Waals surface area contributed by atoms with Gasteiger partial charge in [0.15, 0.2) is 0 Å². The van der Waals surface area contributed by atoms with Crippen LogP contribution in [0.3, 0.4) is 0 Å². The molecule has 4 rings (SSSR count). The molecular weight excluding hydrogens is 378 g/mol. The standard InChI is InChI=1S/C24H21N3O3/c1-30-20-15-9-8-14-19(20)16-27-22(17-10-4-2-5-11-17)21(24(29)26-27)25-23(28)18-12-6-3-7-13-18/h2-16,21-22H,1H3,(H-,25,26,28,29)/b27-16-/t21-,22-/m0/s1. The summed E-state index contributed by atoms with van der Waals surface area (Å²) in [5.41, 5.74) is 2.15. The van der Waals surface area contributed by atoms with Gasteiger partial charge >= 0.3 is 0 Å². The monoisotopic (exact) mass is 399 g/mol. The van der Waals surface area contributed by atoms with E-state index in [1.807, 2.05) is 60.7 Å². The lowest BCUT2D eigenvalue weighted by Crippen LogP contribution is -2.47. The molecule has 0 aliphatic carbocycles. The van der Waals surface area contributed by atoms with Crippen LogP contribution in [0.4, 0.5) is 0 Å². The fraction of sp³-hybridized carbons (Fsp3) is 0.125. The van der Waals surface area contributed by atoms with E-state index in [1.54, 1.807) is 42.3 Å². The van der Waals surface area contributed by atoms with Crippen LogP contribution in [0.25, 0.3) is 0 Å². The second kappa shape index (κ2) is 8.61. The smallest absolute Gasteiger partial charge is 0.252 e. The van der Waals surface area contributed by atoms with Gasteiger partial charge in [0.1, 0.15) is 11.8 Å². The number of hydrazone groups is 1. The third-order valence-electron chi connectivity index (χ3n) is 4.95. The number of hydrogen-bond acceptors (Lipinski definition) is 4. The highest BCUT2D eigenvalue weighted by Crippen LogP contribution is 2.27. The van der Waals surface area contributed by atoms with Crippen LogP contribution >= 0.6 is 0 Å². The first-order valence-corrected chi connectivity index (χ1v) is 9.60. The molecule has 0 fully saturated rings. The van der Waals surface area contributed by atoms with Crippen LogP contribution in [0.5, 0.6) is 5.75 Å². The highest BCUT2D eigenvalue weighted by molar-refractivity contribution is 5.97. The van der Waals surface area contributed by atoms with Crippen molar-refractivity contribution in [3.05, 3.63) is 102 Å². The number of benzene rings is 3. The van der Waals surface area contributed by atoms with E-state index in [4.69, 9.17) is 4.74 Å². The maximum Gasteiger partial charge on any atom is 0.252 e. The number of amides is 1. The summed E-state index contributed by atoms with van der Waals surface area (Å²) < 4.78 is 7.02. The van der Waals surface area contributed by atoms with Crippen molar-refractivity contribution in [1.29, 1.82) is 0 Å². The van der Waals surface area contributed by atoms with Crippen LogP contribution in [0.2, 0.25) is 0 Å². The predicted molar refractivity (Wildman–Crippen MR) is 113 cm³/mol.